The maximum atomic E-state index is 12.0. The van der Waals surface area contributed by atoms with Crippen molar-refractivity contribution < 1.29 is 4.79 Å². The summed E-state index contributed by atoms with van der Waals surface area (Å²) in [5.41, 5.74) is 0. The van der Waals surface area contributed by atoms with Gasteiger partial charge < -0.3 is 20.4 Å². The summed E-state index contributed by atoms with van der Waals surface area (Å²) in [6, 6.07) is 0.593. The van der Waals surface area contributed by atoms with Crippen LogP contribution >= 0.6 is 0 Å². The molecular weight excluding hydrogens is 302 g/mol. The van der Waals surface area contributed by atoms with E-state index in [1.165, 1.54) is 0 Å². The monoisotopic (exact) mass is 341 g/mol. The van der Waals surface area contributed by atoms with E-state index < -0.39 is 0 Å². The smallest absolute Gasteiger partial charge is 0.224 e. The first-order valence-electron chi connectivity index (χ1n) is 9.46. The molecule has 0 fully saturated rings. The van der Waals surface area contributed by atoms with Crippen LogP contribution in [0.25, 0.3) is 0 Å². The van der Waals surface area contributed by atoms with Gasteiger partial charge in [0, 0.05) is 45.2 Å². The first-order valence-corrected chi connectivity index (χ1v) is 9.46. The Hall–Kier alpha value is -1.30. The average Bonchev–Trinajstić information content (AvgIpc) is 2.55. The molecule has 6 heteroatoms. The molecule has 0 rings (SSSR count). The van der Waals surface area contributed by atoms with Gasteiger partial charge in [0.15, 0.2) is 5.96 Å². The van der Waals surface area contributed by atoms with Crippen molar-refractivity contribution in [3.63, 3.8) is 0 Å². The van der Waals surface area contributed by atoms with Crippen LogP contribution in [-0.2, 0) is 4.79 Å². The van der Waals surface area contributed by atoms with Crippen molar-refractivity contribution in [2.75, 3.05) is 46.3 Å². The largest absolute Gasteiger partial charge is 0.357 e. The molecule has 0 aliphatic carbocycles. The lowest BCUT2D eigenvalue weighted by Crippen LogP contribution is -2.40. The Labute approximate surface area is 149 Å². The van der Waals surface area contributed by atoms with Crippen LogP contribution in [0, 0.1) is 0 Å². The molecule has 0 aliphatic heterocycles. The molecule has 0 spiro atoms. The topological polar surface area (TPSA) is 60.0 Å². The molecule has 0 radical (unpaired) electrons. The number of amides is 1. The van der Waals surface area contributed by atoms with Gasteiger partial charge in [-0.1, -0.05) is 0 Å². The molecule has 24 heavy (non-hydrogen) atoms. The molecule has 0 aliphatic rings. The van der Waals surface area contributed by atoms with Gasteiger partial charge in [-0.2, -0.15) is 0 Å². The highest BCUT2D eigenvalue weighted by molar-refractivity contribution is 5.81. The normalized spacial score (nSPS) is 11.9. The Balaban J connectivity index is 4.08. The molecule has 142 valence electrons. The van der Waals surface area contributed by atoms with Gasteiger partial charge in [-0.3, -0.25) is 9.79 Å². The van der Waals surface area contributed by atoms with E-state index in [0.29, 0.717) is 19.0 Å². The summed E-state index contributed by atoms with van der Waals surface area (Å²) in [5.74, 6) is 1.00. The van der Waals surface area contributed by atoms with Crippen LogP contribution in [0.3, 0.4) is 0 Å². The van der Waals surface area contributed by atoms with E-state index in [2.05, 4.69) is 48.3 Å². The van der Waals surface area contributed by atoms with Crippen LogP contribution in [0.1, 0.15) is 53.9 Å². The highest BCUT2D eigenvalue weighted by Crippen LogP contribution is 1.98. The molecule has 0 aromatic carbocycles. The second-order valence-corrected chi connectivity index (χ2v) is 6.28. The lowest BCUT2D eigenvalue weighted by Gasteiger charge is -2.20. The number of nitrogens with one attached hydrogen (secondary N) is 2. The third-order valence-electron chi connectivity index (χ3n) is 4.16. The number of carbonyl (C=O) groups excluding carboxylic acids is 1. The summed E-state index contributed by atoms with van der Waals surface area (Å²) in [7, 11) is 2.16. The standard InChI is InChI=1S/C18H39N5O/c1-7-19-18(20-13-10-11-15-22(6)16(4)5)21-14-12-17(24)23(8-2)9-3/h16H,7-15H2,1-6H3,(H2,19,20,21). The second-order valence-electron chi connectivity index (χ2n) is 6.28. The van der Waals surface area contributed by atoms with Gasteiger partial charge in [-0.15, -0.1) is 0 Å². The summed E-state index contributed by atoms with van der Waals surface area (Å²) >= 11 is 0. The number of nitrogens with zero attached hydrogens (tertiary/aromatic N) is 3. The van der Waals surface area contributed by atoms with Crippen molar-refractivity contribution in [1.82, 2.24) is 20.4 Å². The fraction of sp³-hybridized carbons (Fsp3) is 0.889. The fourth-order valence-corrected chi connectivity index (χ4v) is 2.29. The van der Waals surface area contributed by atoms with E-state index >= 15 is 0 Å². The van der Waals surface area contributed by atoms with E-state index in [0.717, 1.165) is 51.5 Å². The molecule has 1 amide bonds. The molecule has 0 atom stereocenters. The second kappa shape index (κ2) is 14.1. The summed E-state index contributed by atoms with van der Waals surface area (Å²) in [4.78, 5) is 20.8. The van der Waals surface area contributed by atoms with Gasteiger partial charge in [0.2, 0.25) is 5.91 Å². The lowest BCUT2D eigenvalue weighted by molar-refractivity contribution is -0.130. The van der Waals surface area contributed by atoms with Gasteiger partial charge in [0.25, 0.3) is 0 Å². The van der Waals surface area contributed by atoms with Crippen molar-refractivity contribution in [3.05, 3.63) is 0 Å². The van der Waals surface area contributed by atoms with Crippen molar-refractivity contribution in [1.29, 1.82) is 0 Å². The van der Waals surface area contributed by atoms with Crippen LogP contribution in [0.5, 0.6) is 0 Å². The highest BCUT2D eigenvalue weighted by Gasteiger charge is 2.09. The highest BCUT2D eigenvalue weighted by atomic mass is 16.2. The SMILES string of the molecule is CCNC(=NCCCCN(C)C(C)C)NCCC(=O)N(CC)CC. The van der Waals surface area contributed by atoms with E-state index in [9.17, 15) is 4.79 Å². The molecular formula is C18H39N5O. The van der Waals surface area contributed by atoms with Crippen molar-refractivity contribution in [2.24, 2.45) is 4.99 Å². The summed E-state index contributed by atoms with van der Waals surface area (Å²) in [5, 5.41) is 6.49. The zero-order chi connectivity index (χ0) is 18.4. The first kappa shape index (κ1) is 22.7. The van der Waals surface area contributed by atoms with Gasteiger partial charge in [0.1, 0.15) is 0 Å². The zero-order valence-corrected chi connectivity index (χ0v) is 16.7. The number of rotatable bonds is 12. The Morgan fingerprint density at radius 3 is 2.29 bits per heavy atom. The maximum absolute atomic E-state index is 12.0. The quantitative estimate of drug-likeness (QED) is 0.323. The van der Waals surface area contributed by atoms with Crippen LogP contribution in [0.15, 0.2) is 4.99 Å². The van der Waals surface area contributed by atoms with Crippen LogP contribution in [-0.4, -0.2) is 74.0 Å². The zero-order valence-electron chi connectivity index (χ0n) is 16.7. The van der Waals surface area contributed by atoms with Crippen LogP contribution < -0.4 is 10.6 Å². The Bertz CT molecular complexity index is 353. The third kappa shape index (κ3) is 10.5. The third-order valence-corrected chi connectivity index (χ3v) is 4.16. The Morgan fingerprint density at radius 1 is 1.08 bits per heavy atom. The van der Waals surface area contributed by atoms with Crippen molar-refractivity contribution >= 4 is 11.9 Å². The molecule has 0 unspecified atom stereocenters. The number of carbonyl (C=O) groups is 1. The number of hydrogen-bond donors (Lipinski definition) is 2. The van der Waals surface area contributed by atoms with Crippen LogP contribution in [0.2, 0.25) is 0 Å². The minimum atomic E-state index is 0.195. The molecule has 0 heterocycles. The average molecular weight is 342 g/mol. The number of unbranched alkanes of at least 4 members (excludes halogenated alkanes) is 1. The predicted octanol–water partition coefficient (Wildman–Crippen LogP) is 1.92. The van der Waals surface area contributed by atoms with E-state index in [1.807, 2.05) is 18.7 Å². The van der Waals surface area contributed by atoms with Gasteiger partial charge in [-0.05, 0) is 61.1 Å². The Morgan fingerprint density at radius 2 is 1.75 bits per heavy atom. The number of guanidine groups is 1. The number of aliphatic imine (C=N–C) groups is 1. The summed E-state index contributed by atoms with van der Waals surface area (Å²) in [6.45, 7) is 15.4. The molecule has 6 nitrogen and oxygen atoms in total. The minimum absolute atomic E-state index is 0.195. The van der Waals surface area contributed by atoms with E-state index in [4.69, 9.17) is 0 Å². The van der Waals surface area contributed by atoms with Crippen molar-refractivity contribution in [3.8, 4) is 0 Å². The maximum Gasteiger partial charge on any atom is 0.224 e. The summed E-state index contributed by atoms with van der Waals surface area (Å²) < 4.78 is 0. The predicted molar refractivity (Wildman–Crippen MR) is 104 cm³/mol. The molecule has 0 aromatic heterocycles. The van der Waals surface area contributed by atoms with Crippen LogP contribution in [0.4, 0.5) is 0 Å². The van der Waals surface area contributed by atoms with E-state index in [-0.39, 0.29) is 5.91 Å². The molecule has 0 aromatic rings. The number of hydrogen-bond acceptors (Lipinski definition) is 3. The molecule has 0 saturated carbocycles. The Kier molecular flexibility index (Phi) is 13.3. The van der Waals surface area contributed by atoms with Crippen molar-refractivity contribution in [2.45, 2.75) is 59.9 Å². The minimum Gasteiger partial charge on any atom is -0.357 e. The summed E-state index contributed by atoms with van der Waals surface area (Å²) in [6.07, 6.45) is 2.73. The lowest BCUT2D eigenvalue weighted by atomic mass is 10.2. The molecule has 0 saturated heterocycles. The fourth-order valence-electron chi connectivity index (χ4n) is 2.29. The van der Waals surface area contributed by atoms with Gasteiger partial charge in [0.05, 0.1) is 0 Å². The molecule has 2 N–H and O–H groups in total. The van der Waals surface area contributed by atoms with Gasteiger partial charge >= 0.3 is 0 Å². The molecule has 0 bridgehead atoms. The van der Waals surface area contributed by atoms with Gasteiger partial charge in [-0.25, -0.2) is 0 Å². The van der Waals surface area contributed by atoms with E-state index in [1.54, 1.807) is 0 Å². The first-order chi connectivity index (χ1) is 11.5.